The van der Waals surface area contributed by atoms with E-state index in [0.29, 0.717) is 18.0 Å². The van der Waals surface area contributed by atoms with Gasteiger partial charge in [0, 0.05) is 18.7 Å². The van der Waals surface area contributed by atoms with E-state index in [2.05, 4.69) is 43.0 Å². The van der Waals surface area contributed by atoms with Gasteiger partial charge in [0.2, 0.25) is 0 Å². The standard InChI is InChI=1S/C16H29N3/c1-4-17-16(13(2)3)12-14-10-11-19(18-14)15-8-6-5-7-9-15/h10-11,13,15-17H,4-9,12H2,1-3H3. The third-order valence-electron chi connectivity index (χ3n) is 4.31. The Labute approximate surface area is 117 Å². The van der Waals surface area contributed by atoms with E-state index in [1.807, 2.05) is 0 Å². The molecule has 1 aromatic rings. The second kappa shape index (κ2) is 7.09. The lowest BCUT2D eigenvalue weighted by Crippen LogP contribution is -2.35. The van der Waals surface area contributed by atoms with Crippen molar-refractivity contribution in [1.29, 1.82) is 0 Å². The lowest BCUT2D eigenvalue weighted by molar-refractivity contribution is 0.326. The Bertz CT molecular complexity index is 364. The molecule has 1 unspecified atom stereocenters. The largest absolute Gasteiger partial charge is 0.314 e. The molecular weight excluding hydrogens is 234 g/mol. The van der Waals surface area contributed by atoms with Crippen molar-refractivity contribution in [2.75, 3.05) is 6.54 Å². The summed E-state index contributed by atoms with van der Waals surface area (Å²) < 4.78 is 2.22. The lowest BCUT2D eigenvalue weighted by Gasteiger charge is -2.22. The maximum absolute atomic E-state index is 4.82. The van der Waals surface area contributed by atoms with Crippen molar-refractivity contribution >= 4 is 0 Å². The summed E-state index contributed by atoms with van der Waals surface area (Å²) in [5, 5.41) is 8.39. The van der Waals surface area contributed by atoms with Crippen LogP contribution in [-0.4, -0.2) is 22.4 Å². The number of nitrogens with zero attached hydrogens (tertiary/aromatic N) is 2. The van der Waals surface area contributed by atoms with E-state index in [1.54, 1.807) is 0 Å². The van der Waals surface area contributed by atoms with Gasteiger partial charge in [-0.25, -0.2) is 0 Å². The molecule has 0 amide bonds. The first-order valence-electron chi connectivity index (χ1n) is 7.98. The van der Waals surface area contributed by atoms with Gasteiger partial charge in [-0.2, -0.15) is 5.10 Å². The smallest absolute Gasteiger partial charge is 0.0640 e. The van der Waals surface area contributed by atoms with Crippen LogP contribution in [-0.2, 0) is 6.42 Å². The highest BCUT2D eigenvalue weighted by atomic mass is 15.3. The molecule has 0 aromatic carbocycles. The summed E-state index contributed by atoms with van der Waals surface area (Å²) in [7, 11) is 0. The fourth-order valence-electron chi connectivity index (χ4n) is 3.07. The average Bonchev–Trinajstić information content (AvgIpc) is 2.88. The first-order chi connectivity index (χ1) is 9.20. The number of hydrogen-bond donors (Lipinski definition) is 1. The van der Waals surface area contributed by atoms with Gasteiger partial charge in [-0.15, -0.1) is 0 Å². The highest BCUT2D eigenvalue weighted by Crippen LogP contribution is 2.27. The van der Waals surface area contributed by atoms with Crippen LogP contribution in [0, 0.1) is 5.92 Å². The summed E-state index contributed by atoms with van der Waals surface area (Å²) >= 11 is 0. The second-order valence-corrected chi connectivity index (χ2v) is 6.19. The Morgan fingerprint density at radius 1 is 1.32 bits per heavy atom. The maximum Gasteiger partial charge on any atom is 0.0640 e. The predicted molar refractivity (Wildman–Crippen MR) is 80.4 cm³/mol. The van der Waals surface area contributed by atoms with Crippen molar-refractivity contribution in [1.82, 2.24) is 15.1 Å². The fraction of sp³-hybridized carbons (Fsp3) is 0.812. The lowest BCUT2D eigenvalue weighted by atomic mass is 9.96. The van der Waals surface area contributed by atoms with Crippen molar-refractivity contribution < 1.29 is 0 Å². The summed E-state index contributed by atoms with van der Waals surface area (Å²) in [6.07, 6.45) is 9.99. The molecule has 1 atom stereocenters. The molecular formula is C16H29N3. The van der Waals surface area contributed by atoms with Crippen molar-refractivity contribution in [3.8, 4) is 0 Å². The molecule has 3 nitrogen and oxygen atoms in total. The summed E-state index contributed by atoms with van der Waals surface area (Å²) in [5.74, 6) is 0.653. The minimum absolute atomic E-state index is 0.541. The van der Waals surface area contributed by atoms with Gasteiger partial charge >= 0.3 is 0 Å². The zero-order valence-corrected chi connectivity index (χ0v) is 12.7. The zero-order chi connectivity index (χ0) is 13.7. The van der Waals surface area contributed by atoms with Crippen LogP contribution in [0.15, 0.2) is 12.3 Å². The Morgan fingerprint density at radius 3 is 2.68 bits per heavy atom. The van der Waals surface area contributed by atoms with Crippen LogP contribution in [0.2, 0.25) is 0 Å². The van der Waals surface area contributed by atoms with Crippen LogP contribution < -0.4 is 5.32 Å². The number of likely N-dealkylation sites (N-methyl/N-ethyl adjacent to an activating group) is 1. The topological polar surface area (TPSA) is 29.9 Å². The molecule has 2 rings (SSSR count). The van der Waals surface area contributed by atoms with Crippen molar-refractivity contribution in [2.24, 2.45) is 5.92 Å². The molecule has 1 fully saturated rings. The molecule has 1 saturated carbocycles. The Balaban J connectivity index is 1.95. The van der Waals surface area contributed by atoms with Gasteiger partial charge in [0.15, 0.2) is 0 Å². The fourth-order valence-corrected chi connectivity index (χ4v) is 3.07. The molecule has 108 valence electrons. The second-order valence-electron chi connectivity index (χ2n) is 6.19. The molecule has 1 aliphatic rings. The van der Waals surface area contributed by atoms with Crippen LogP contribution in [0.4, 0.5) is 0 Å². The summed E-state index contributed by atoms with van der Waals surface area (Å²) in [6, 6.07) is 3.40. The number of rotatable bonds is 6. The summed E-state index contributed by atoms with van der Waals surface area (Å²) in [4.78, 5) is 0. The molecule has 1 aromatic heterocycles. The Morgan fingerprint density at radius 2 is 2.05 bits per heavy atom. The zero-order valence-electron chi connectivity index (χ0n) is 12.7. The average molecular weight is 263 g/mol. The minimum Gasteiger partial charge on any atom is -0.314 e. The van der Waals surface area contributed by atoms with Crippen LogP contribution in [0.1, 0.15) is 64.6 Å². The highest BCUT2D eigenvalue weighted by Gasteiger charge is 2.18. The van der Waals surface area contributed by atoms with Gasteiger partial charge in [0.1, 0.15) is 0 Å². The van der Waals surface area contributed by atoms with Crippen molar-refractivity contribution in [3.63, 3.8) is 0 Å². The highest BCUT2D eigenvalue weighted by molar-refractivity contribution is 5.03. The first kappa shape index (κ1) is 14.6. The Hall–Kier alpha value is -0.830. The van der Waals surface area contributed by atoms with Crippen LogP contribution in [0.3, 0.4) is 0 Å². The van der Waals surface area contributed by atoms with E-state index in [0.717, 1.165) is 13.0 Å². The van der Waals surface area contributed by atoms with E-state index in [4.69, 9.17) is 5.10 Å². The third kappa shape index (κ3) is 4.07. The molecule has 0 radical (unpaired) electrons. The molecule has 0 spiro atoms. The molecule has 0 bridgehead atoms. The SMILES string of the molecule is CCNC(Cc1ccn(C2CCCCC2)n1)C(C)C. The van der Waals surface area contributed by atoms with Crippen molar-refractivity contribution in [2.45, 2.75) is 71.4 Å². The summed E-state index contributed by atoms with van der Waals surface area (Å²) in [6.45, 7) is 7.78. The maximum atomic E-state index is 4.82. The van der Waals surface area contributed by atoms with E-state index >= 15 is 0 Å². The molecule has 1 N–H and O–H groups in total. The first-order valence-corrected chi connectivity index (χ1v) is 7.98. The van der Waals surface area contributed by atoms with Gasteiger partial charge < -0.3 is 5.32 Å². The van der Waals surface area contributed by atoms with Gasteiger partial charge in [0.05, 0.1) is 11.7 Å². The quantitative estimate of drug-likeness (QED) is 0.850. The van der Waals surface area contributed by atoms with E-state index in [9.17, 15) is 0 Å². The van der Waals surface area contributed by atoms with E-state index < -0.39 is 0 Å². The van der Waals surface area contributed by atoms with Crippen LogP contribution in [0.5, 0.6) is 0 Å². The molecule has 0 saturated heterocycles. The molecule has 1 aliphatic carbocycles. The predicted octanol–water partition coefficient (Wildman–Crippen LogP) is 3.56. The van der Waals surface area contributed by atoms with Gasteiger partial charge in [0.25, 0.3) is 0 Å². The van der Waals surface area contributed by atoms with Gasteiger partial charge in [-0.1, -0.05) is 40.0 Å². The van der Waals surface area contributed by atoms with Gasteiger partial charge in [-0.05, 0) is 31.4 Å². The third-order valence-corrected chi connectivity index (χ3v) is 4.31. The normalized spacial score (nSPS) is 18.9. The summed E-state index contributed by atoms with van der Waals surface area (Å²) in [5.41, 5.74) is 1.24. The number of hydrogen-bond acceptors (Lipinski definition) is 2. The van der Waals surface area contributed by atoms with E-state index in [1.165, 1.54) is 37.8 Å². The van der Waals surface area contributed by atoms with E-state index in [-0.39, 0.29) is 0 Å². The minimum atomic E-state index is 0.541. The van der Waals surface area contributed by atoms with Gasteiger partial charge in [-0.3, -0.25) is 4.68 Å². The molecule has 1 heterocycles. The van der Waals surface area contributed by atoms with Crippen LogP contribution in [0.25, 0.3) is 0 Å². The molecule has 3 heteroatoms. The molecule has 19 heavy (non-hydrogen) atoms. The van der Waals surface area contributed by atoms with Crippen molar-refractivity contribution in [3.05, 3.63) is 18.0 Å². The number of aromatic nitrogens is 2. The van der Waals surface area contributed by atoms with Crippen LogP contribution >= 0.6 is 0 Å². The monoisotopic (exact) mass is 263 g/mol. The molecule has 0 aliphatic heterocycles. The number of nitrogens with one attached hydrogen (secondary N) is 1. The Kier molecular flexibility index (Phi) is 5.44.